The van der Waals surface area contributed by atoms with Crippen LogP contribution in [0.5, 0.6) is 0 Å². The number of hydrogen-bond donors (Lipinski definition) is 0. The summed E-state index contributed by atoms with van der Waals surface area (Å²) in [5, 5.41) is 7.39. The van der Waals surface area contributed by atoms with Crippen LogP contribution in [-0.2, 0) is 13.5 Å². The lowest BCUT2D eigenvalue weighted by atomic mass is 9.85. The molecule has 1 nitrogen and oxygen atoms in total. The van der Waals surface area contributed by atoms with Crippen molar-refractivity contribution in [2.45, 2.75) is 34.1 Å². The second kappa shape index (κ2) is 6.38. The molecule has 146 valence electrons. The normalized spacial score (nSPS) is 15.7. The summed E-state index contributed by atoms with van der Waals surface area (Å²) < 4.78 is 2.47. The highest BCUT2D eigenvalue weighted by atomic mass is 31.1. The average molecular weight is 399 g/mol. The summed E-state index contributed by atoms with van der Waals surface area (Å²) in [6.07, 6.45) is 1.10. The minimum absolute atomic E-state index is 0.241. The van der Waals surface area contributed by atoms with Crippen LogP contribution in [0.1, 0.15) is 31.9 Å². The molecular weight excluding hydrogens is 369 g/mol. The summed E-state index contributed by atoms with van der Waals surface area (Å²) in [6, 6.07) is 20.5. The molecule has 0 spiro atoms. The Morgan fingerprint density at radius 3 is 2.45 bits per heavy atom. The predicted molar refractivity (Wildman–Crippen MR) is 128 cm³/mol. The van der Waals surface area contributed by atoms with Crippen LogP contribution >= 0.6 is 7.92 Å². The van der Waals surface area contributed by atoms with Gasteiger partial charge in [-0.25, -0.2) is 0 Å². The Hall–Kier alpha value is -2.24. The minimum Gasteiger partial charge on any atom is -0.193 e. The second-order valence-corrected chi connectivity index (χ2v) is 11.7. The summed E-state index contributed by atoms with van der Waals surface area (Å²) in [7, 11) is 1.85. The molecule has 1 aliphatic heterocycles. The van der Waals surface area contributed by atoms with Gasteiger partial charge in [-0.1, -0.05) is 63.2 Å². The van der Waals surface area contributed by atoms with Crippen molar-refractivity contribution in [3.63, 3.8) is 0 Å². The molecule has 1 aromatic heterocycles. The quantitative estimate of drug-likeness (QED) is 0.284. The number of pyridine rings is 1. The number of fused-ring (bicyclic) bond motifs is 3. The highest BCUT2D eigenvalue weighted by Gasteiger charge is 2.36. The van der Waals surface area contributed by atoms with Crippen LogP contribution in [0.3, 0.4) is 0 Å². The molecule has 1 aliphatic rings. The number of aryl methyl sites for hydroxylation is 2. The van der Waals surface area contributed by atoms with Crippen LogP contribution < -0.4 is 15.2 Å². The molecule has 0 saturated heterocycles. The Morgan fingerprint density at radius 1 is 0.931 bits per heavy atom. The Labute approximate surface area is 175 Å². The SMILES string of the molecule is Cc1ccc2cccc3c2c1-c1c(c(CC(C)(C)C)c2ccccc2[n+]1C)P3C. The van der Waals surface area contributed by atoms with Gasteiger partial charge >= 0.3 is 0 Å². The molecule has 0 fully saturated rings. The molecule has 2 heteroatoms. The summed E-state index contributed by atoms with van der Waals surface area (Å²) in [5.41, 5.74) is 7.40. The molecule has 29 heavy (non-hydrogen) atoms. The van der Waals surface area contributed by atoms with Crippen LogP contribution in [0.15, 0.2) is 54.6 Å². The fourth-order valence-electron chi connectivity index (χ4n) is 5.10. The summed E-state index contributed by atoms with van der Waals surface area (Å²) >= 11 is 0. The van der Waals surface area contributed by atoms with E-state index in [9.17, 15) is 0 Å². The molecule has 5 rings (SSSR count). The maximum atomic E-state index is 2.47. The fourth-order valence-corrected chi connectivity index (χ4v) is 7.41. The zero-order valence-corrected chi connectivity index (χ0v) is 19.2. The lowest BCUT2D eigenvalue weighted by molar-refractivity contribution is -0.632. The third kappa shape index (κ3) is 2.75. The van der Waals surface area contributed by atoms with Gasteiger partial charge in [0.2, 0.25) is 11.2 Å². The van der Waals surface area contributed by atoms with Gasteiger partial charge in [0.25, 0.3) is 0 Å². The van der Waals surface area contributed by atoms with E-state index in [-0.39, 0.29) is 5.41 Å². The van der Waals surface area contributed by atoms with Crippen molar-refractivity contribution in [2.24, 2.45) is 12.5 Å². The van der Waals surface area contributed by atoms with E-state index in [2.05, 4.69) is 101 Å². The van der Waals surface area contributed by atoms with Crippen LogP contribution in [0, 0.1) is 12.3 Å². The van der Waals surface area contributed by atoms with Crippen LogP contribution in [0.25, 0.3) is 32.9 Å². The maximum Gasteiger partial charge on any atom is 0.222 e. The Balaban J connectivity index is 2.03. The minimum atomic E-state index is -0.409. The van der Waals surface area contributed by atoms with E-state index in [1.807, 2.05) is 0 Å². The Kier molecular flexibility index (Phi) is 4.13. The van der Waals surface area contributed by atoms with Crippen molar-refractivity contribution in [2.75, 3.05) is 6.66 Å². The lowest BCUT2D eigenvalue weighted by Crippen LogP contribution is -2.42. The largest absolute Gasteiger partial charge is 0.222 e. The first-order valence-corrected chi connectivity index (χ1v) is 12.3. The van der Waals surface area contributed by atoms with Gasteiger partial charge in [-0.05, 0) is 61.2 Å². The van der Waals surface area contributed by atoms with Crippen molar-refractivity contribution in [3.8, 4) is 11.3 Å². The molecule has 0 bridgehead atoms. The van der Waals surface area contributed by atoms with Gasteiger partial charge in [-0.15, -0.1) is 0 Å². The summed E-state index contributed by atoms with van der Waals surface area (Å²) in [5.74, 6) is 0. The second-order valence-electron chi connectivity index (χ2n) is 9.68. The molecule has 1 atom stereocenters. The van der Waals surface area contributed by atoms with Gasteiger partial charge in [0.15, 0.2) is 0 Å². The maximum absolute atomic E-state index is 2.47. The van der Waals surface area contributed by atoms with Crippen LogP contribution in [-0.4, -0.2) is 6.66 Å². The van der Waals surface area contributed by atoms with Crippen molar-refractivity contribution in [1.82, 2.24) is 0 Å². The zero-order valence-electron chi connectivity index (χ0n) is 18.3. The smallest absolute Gasteiger partial charge is 0.193 e. The van der Waals surface area contributed by atoms with Crippen LogP contribution in [0.4, 0.5) is 0 Å². The van der Waals surface area contributed by atoms with E-state index in [1.54, 1.807) is 10.9 Å². The molecule has 3 aromatic carbocycles. The van der Waals surface area contributed by atoms with Gasteiger partial charge in [0.1, 0.15) is 7.05 Å². The van der Waals surface area contributed by atoms with E-state index >= 15 is 0 Å². The van der Waals surface area contributed by atoms with Crippen molar-refractivity contribution in [1.29, 1.82) is 0 Å². The number of nitrogens with zero attached hydrogens (tertiary/aromatic N) is 1. The van der Waals surface area contributed by atoms with Crippen molar-refractivity contribution < 1.29 is 4.57 Å². The number of hydrogen-bond acceptors (Lipinski definition) is 0. The Morgan fingerprint density at radius 2 is 1.69 bits per heavy atom. The summed E-state index contributed by atoms with van der Waals surface area (Å²) in [6.45, 7) is 11.8. The molecule has 0 aliphatic carbocycles. The highest BCUT2D eigenvalue weighted by Crippen LogP contribution is 2.46. The first-order valence-electron chi connectivity index (χ1n) is 10.5. The predicted octanol–water partition coefficient (Wildman–Crippen LogP) is 5.76. The highest BCUT2D eigenvalue weighted by molar-refractivity contribution is 7.73. The molecule has 2 heterocycles. The van der Waals surface area contributed by atoms with Gasteiger partial charge in [0, 0.05) is 11.5 Å². The lowest BCUT2D eigenvalue weighted by Gasteiger charge is -2.30. The van der Waals surface area contributed by atoms with E-state index < -0.39 is 7.92 Å². The molecular formula is C27H29NP+. The number of aromatic nitrogens is 1. The number of para-hydroxylation sites is 1. The molecule has 0 amide bonds. The van der Waals surface area contributed by atoms with E-state index in [4.69, 9.17) is 0 Å². The van der Waals surface area contributed by atoms with Gasteiger partial charge in [-0.3, -0.25) is 0 Å². The zero-order chi connectivity index (χ0) is 20.5. The molecule has 0 saturated carbocycles. The third-order valence-corrected chi connectivity index (χ3v) is 8.56. The molecule has 0 radical (unpaired) electrons. The first-order chi connectivity index (χ1) is 13.8. The molecule has 0 N–H and O–H groups in total. The Bertz CT molecular complexity index is 1290. The summed E-state index contributed by atoms with van der Waals surface area (Å²) in [4.78, 5) is 0. The number of benzene rings is 3. The number of rotatable bonds is 1. The van der Waals surface area contributed by atoms with E-state index in [1.165, 1.54) is 43.8 Å². The monoisotopic (exact) mass is 398 g/mol. The van der Waals surface area contributed by atoms with E-state index in [0.29, 0.717) is 0 Å². The third-order valence-electron chi connectivity index (χ3n) is 6.31. The molecule has 1 unspecified atom stereocenters. The molecule has 4 aromatic rings. The van der Waals surface area contributed by atoms with Crippen LogP contribution in [0.2, 0.25) is 0 Å². The first kappa shape index (κ1) is 18.8. The van der Waals surface area contributed by atoms with Gasteiger partial charge in [-0.2, -0.15) is 4.57 Å². The van der Waals surface area contributed by atoms with Gasteiger partial charge in [0.05, 0.1) is 16.3 Å². The van der Waals surface area contributed by atoms with Crippen molar-refractivity contribution in [3.05, 3.63) is 65.7 Å². The standard InChI is InChI=1S/C27H29NP/c1-17-14-15-18-10-9-13-22-24(18)23(17)25-26(29(22)6)20(16-27(2,3)4)19-11-7-8-12-21(19)28(25)5/h7-15H,16H2,1-6H3/q+1. The fraction of sp³-hybridized carbons (Fsp3) is 0.296. The van der Waals surface area contributed by atoms with E-state index in [0.717, 1.165) is 6.42 Å². The average Bonchev–Trinajstić information content (AvgIpc) is 2.68. The van der Waals surface area contributed by atoms with Crippen molar-refractivity contribution >= 4 is 40.2 Å². The topological polar surface area (TPSA) is 3.88 Å². The van der Waals surface area contributed by atoms with Gasteiger partial charge < -0.3 is 0 Å².